The summed E-state index contributed by atoms with van der Waals surface area (Å²) in [6, 6.07) is 83.7. The lowest BCUT2D eigenvalue weighted by Gasteiger charge is -2.32. The predicted molar refractivity (Wildman–Crippen MR) is 253 cm³/mol. The van der Waals surface area contributed by atoms with Gasteiger partial charge in [0.05, 0.1) is 5.41 Å². The maximum Gasteiger partial charge on any atom is 0.0726 e. The zero-order valence-corrected chi connectivity index (χ0v) is 32.8. The van der Waals surface area contributed by atoms with Crippen LogP contribution in [0.25, 0.3) is 76.5 Å². The first-order valence-corrected chi connectivity index (χ1v) is 20.9. The lowest BCUT2D eigenvalue weighted by molar-refractivity contribution is 0.795. The molecular formula is C59H37N. The van der Waals surface area contributed by atoms with E-state index in [0.717, 1.165) is 17.1 Å². The van der Waals surface area contributed by atoms with Crippen molar-refractivity contribution in [3.8, 4) is 33.4 Å². The summed E-state index contributed by atoms with van der Waals surface area (Å²) in [7, 11) is 0. The fourth-order valence-electron chi connectivity index (χ4n) is 10.9. The third-order valence-electron chi connectivity index (χ3n) is 13.4. The number of hydrogen-bond donors (Lipinski definition) is 0. The number of anilines is 3. The molecule has 0 bridgehead atoms. The number of fused-ring (bicyclic) bond motifs is 17. The van der Waals surface area contributed by atoms with E-state index in [2.05, 4.69) is 229 Å². The second kappa shape index (κ2) is 12.6. The van der Waals surface area contributed by atoms with Crippen LogP contribution in [-0.4, -0.2) is 0 Å². The summed E-state index contributed by atoms with van der Waals surface area (Å²) in [4.78, 5) is 2.42. The lowest BCUT2D eigenvalue weighted by atomic mass is 9.70. The molecule has 1 spiro atoms. The molecule has 11 aromatic rings. The van der Waals surface area contributed by atoms with E-state index in [1.165, 1.54) is 98.7 Å². The predicted octanol–water partition coefficient (Wildman–Crippen LogP) is 15.8. The van der Waals surface area contributed by atoms with Gasteiger partial charge in [0.15, 0.2) is 0 Å². The van der Waals surface area contributed by atoms with Crippen LogP contribution in [0.4, 0.5) is 17.1 Å². The fraction of sp³-hybridized carbons (Fsp3) is 0.0169. The Labute approximate surface area is 349 Å². The summed E-state index contributed by atoms with van der Waals surface area (Å²) in [5.41, 5.74) is 15.9. The molecule has 0 saturated heterocycles. The highest BCUT2D eigenvalue weighted by Crippen LogP contribution is 2.64. The largest absolute Gasteiger partial charge is 0.310 e. The van der Waals surface area contributed by atoms with Gasteiger partial charge in [0, 0.05) is 17.1 Å². The minimum absolute atomic E-state index is 0.503. The highest BCUT2D eigenvalue weighted by Gasteiger charge is 2.52. The normalized spacial score (nSPS) is 14.7. The molecule has 13 rings (SSSR count). The van der Waals surface area contributed by atoms with E-state index >= 15 is 0 Å². The standard InChI is InChI=1S/C59H37N/c1-2-16-42(17-3-1)60(43-30-28-39(29-31-43)41-27-26-38-14-4-5-15-40(38)34-41)44-32-33-51-49-22-10-12-24-55(49)59(57(51)35-44)56-25-13-11-23-50(56)54-36-52-47-20-8-6-18-45(47)46-19-7-9-21-48(46)53(52)37-58(54)59/h1-37H. The maximum absolute atomic E-state index is 2.55. The van der Waals surface area contributed by atoms with Gasteiger partial charge < -0.3 is 4.90 Å². The van der Waals surface area contributed by atoms with Crippen LogP contribution >= 0.6 is 0 Å². The van der Waals surface area contributed by atoms with Crippen LogP contribution in [-0.2, 0) is 5.41 Å². The Morgan fingerprint density at radius 3 is 1.43 bits per heavy atom. The van der Waals surface area contributed by atoms with Crippen LogP contribution in [0.1, 0.15) is 22.3 Å². The molecule has 0 amide bonds. The Balaban J connectivity index is 1.05. The third kappa shape index (κ3) is 4.58. The molecule has 2 aliphatic rings. The number of nitrogens with zero attached hydrogens (tertiary/aromatic N) is 1. The van der Waals surface area contributed by atoms with Gasteiger partial charge in [-0.25, -0.2) is 0 Å². The van der Waals surface area contributed by atoms with Crippen molar-refractivity contribution in [2.75, 3.05) is 4.90 Å². The molecule has 0 aromatic heterocycles. The van der Waals surface area contributed by atoms with Crippen molar-refractivity contribution < 1.29 is 0 Å². The molecule has 60 heavy (non-hydrogen) atoms. The summed E-state index contributed by atoms with van der Waals surface area (Å²) >= 11 is 0. The second-order valence-corrected chi connectivity index (χ2v) is 16.4. The highest BCUT2D eigenvalue weighted by atomic mass is 15.1. The average Bonchev–Trinajstić information content (AvgIpc) is 3.78. The molecule has 1 heteroatoms. The summed E-state index contributed by atoms with van der Waals surface area (Å²) in [6.07, 6.45) is 0. The van der Waals surface area contributed by atoms with Gasteiger partial charge in [-0.2, -0.15) is 0 Å². The summed E-state index contributed by atoms with van der Waals surface area (Å²) in [5.74, 6) is 0. The van der Waals surface area contributed by atoms with E-state index < -0.39 is 5.41 Å². The number of rotatable bonds is 4. The SMILES string of the molecule is c1ccc(N(c2ccc(-c3ccc4ccccc4c3)cc2)c2ccc3c(c2)C2(c4ccccc4-3)c3ccccc3-c3cc4c5ccccc5c5ccccc5c4cc32)cc1. The van der Waals surface area contributed by atoms with Crippen molar-refractivity contribution in [1.29, 1.82) is 0 Å². The topological polar surface area (TPSA) is 3.24 Å². The van der Waals surface area contributed by atoms with Gasteiger partial charge in [-0.1, -0.05) is 170 Å². The van der Waals surface area contributed by atoms with Gasteiger partial charge in [-0.05, 0) is 153 Å². The minimum atomic E-state index is -0.503. The van der Waals surface area contributed by atoms with Gasteiger partial charge in [-0.15, -0.1) is 0 Å². The third-order valence-corrected chi connectivity index (χ3v) is 13.4. The first-order chi connectivity index (χ1) is 29.8. The van der Waals surface area contributed by atoms with Crippen LogP contribution in [0.3, 0.4) is 0 Å². The average molecular weight is 760 g/mol. The van der Waals surface area contributed by atoms with E-state index in [4.69, 9.17) is 0 Å². The van der Waals surface area contributed by atoms with Crippen molar-refractivity contribution in [3.05, 3.63) is 247 Å². The monoisotopic (exact) mass is 759 g/mol. The van der Waals surface area contributed by atoms with E-state index in [1.807, 2.05) is 0 Å². The van der Waals surface area contributed by atoms with Crippen molar-refractivity contribution in [2.24, 2.45) is 0 Å². The van der Waals surface area contributed by atoms with Crippen molar-refractivity contribution >= 4 is 60.2 Å². The summed E-state index contributed by atoms with van der Waals surface area (Å²) < 4.78 is 0. The van der Waals surface area contributed by atoms with E-state index in [9.17, 15) is 0 Å². The quantitative estimate of drug-likeness (QED) is 0.162. The Bertz CT molecular complexity index is 3540. The Hall–Kier alpha value is -7.74. The van der Waals surface area contributed by atoms with E-state index in [1.54, 1.807) is 0 Å². The number of benzene rings is 11. The molecule has 0 fully saturated rings. The fourth-order valence-corrected chi connectivity index (χ4v) is 10.9. The second-order valence-electron chi connectivity index (χ2n) is 16.4. The lowest BCUT2D eigenvalue weighted by Crippen LogP contribution is -2.26. The highest BCUT2D eigenvalue weighted by molar-refractivity contribution is 6.26. The molecule has 0 radical (unpaired) electrons. The van der Waals surface area contributed by atoms with Gasteiger partial charge >= 0.3 is 0 Å². The van der Waals surface area contributed by atoms with Crippen LogP contribution < -0.4 is 4.90 Å². The zero-order chi connectivity index (χ0) is 39.4. The van der Waals surface area contributed by atoms with E-state index in [0.29, 0.717) is 0 Å². The van der Waals surface area contributed by atoms with Gasteiger partial charge in [-0.3, -0.25) is 0 Å². The van der Waals surface area contributed by atoms with E-state index in [-0.39, 0.29) is 0 Å². The molecule has 1 atom stereocenters. The molecule has 1 unspecified atom stereocenters. The first kappa shape index (κ1) is 33.3. The van der Waals surface area contributed by atoms with Gasteiger partial charge in [0.25, 0.3) is 0 Å². The minimum Gasteiger partial charge on any atom is -0.310 e. The molecule has 2 aliphatic carbocycles. The molecule has 278 valence electrons. The molecule has 0 aliphatic heterocycles. The van der Waals surface area contributed by atoms with Gasteiger partial charge in [0.1, 0.15) is 0 Å². The summed E-state index contributed by atoms with van der Waals surface area (Å²) in [6.45, 7) is 0. The number of para-hydroxylation sites is 1. The van der Waals surface area contributed by atoms with Crippen LogP contribution in [0, 0.1) is 0 Å². The van der Waals surface area contributed by atoms with Crippen molar-refractivity contribution in [1.82, 2.24) is 0 Å². The first-order valence-electron chi connectivity index (χ1n) is 20.9. The van der Waals surface area contributed by atoms with Crippen LogP contribution in [0.15, 0.2) is 224 Å². The Kier molecular flexibility index (Phi) is 7.00. The molecule has 0 N–H and O–H groups in total. The number of hydrogen-bond acceptors (Lipinski definition) is 1. The summed E-state index contributed by atoms with van der Waals surface area (Å²) in [5, 5.41) is 10.3. The Morgan fingerprint density at radius 1 is 0.250 bits per heavy atom. The molecular weight excluding hydrogens is 723 g/mol. The van der Waals surface area contributed by atoms with Gasteiger partial charge in [0.2, 0.25) is 0 Å². The smallest absolute Gasteiger partial charge is 0.0726 e. The molecule has 1 nitrogen and oxygen atoms in total. The van der Waals surface area contributed by atoms with Crippen molar-refractivity contribution in [3.63, 3.8) is 0 Å². The van der Waals surface area contributed by atoms with Crippen LogP contribution in [0.5, 0.6) is 0 Å². The van der Waals surface area contributed by atoms with Crippen molar-refractivity contribution in [2.45, 2.75) is 5.41 Å². The molecule has 0 heterocycles. The maximum atomic E-state index is 2.55. The zero-order valence-electron chi connectivity index (χ0n) is 32.8. The molecule has 0 saturated carbocycles. The Morgan fingerprint density at radius 2 is 0.733 bits per heavy atom. The van der Waals surface area contributed by atoms with Crippen LogP contribution in [0.2, 0.25) is 0 Å². The molecule has 11 aromatic carbocycles.